The quantitative estimate of drug-likeness (QED) is 0.841. The van der Waals surface area contributed by atoms with Crippen molar-refractivity contribution >= 4 is 11.7 Å². The monoisotopic (exact) mass is 228 g/mol. The molecule has 2 aromatic rings. The number of pyridine rings is 1. The average molecular weight is 228 g/mol. The topological polar surface area (TPSA) is 70.7 Å². The summed E-state index contributed by atoms with van der Waals surface area (Å²) in [4.78, 5) is 15.5. The van der Waals surface area contributed by atoms with E-state index in [-0.39, 0.29) is 11.8 Å². The number of H-pyrrole nitrogens is 1. The summed E-state index contributed by atoms with van der Waals surface area (Å²) in [7, 11) is 0. The summed E-state index contributed by atoms with van der Waals surface area (Å²) >= 11 is 0. The van der Waals surface area contributed by atoms with Crippen LogP contribution in [0.4, 0.5) is 5.82 Å². The Morgan fingerprint density at radius 3 is 2.82 bits per heavy atom. The molecule has 5 nitrogen and oxygen atoms in total. The Balaban J connectivity index is 1.76. The maximum Gasteiger partial charge on any atom is 0.228 e. The molecule has 0 aromatic carbocycles. The highest BCUT2D eigenvalue weighted by atomic mass is 16.2. The first kappa shape index (κ1) is 10.0. The molecule has 1 aliphatic carbocycles. The molecule has 1 saturated carbocycles. The highest BCUT2D eigenvalue weighted by Gasteiger charge is 2.29. The highest BCUT2D eigenvalue weighted by molar-refractivity contribution is 5.93. The van der Waals surface area contributed by atoms with Gasteiger partial charge < -0.3 is 5.32 Å². The van der Waals surface area contributed by atoms with Crippen LogP contribution in [0.15, 0.2) is 30.6 Å². The number of nitrogens with zero attached hydrogens (tertiary/aromatic N) is 2. The van der Waals surface area contributed by atoms with Gasteiger partial charge >= 0.3 is 0 Å². The van der Waals surface area contributed by atoms with Gasteiger partial charge in [0.2, 0.25) is 5.91 Å². The van der Waals surface area contributed by atoms with Crippen LogP contribution in [0.25, 0.3) is 11.3 Å². The second-order valence-electron chi connectivity index (χ2n) is 4.17. The van der Waals surface area contributed by atoms with Crippen molar-refractivity contribution < 1.29 is 4.79 Å². The van der Waals surface area contributed by atoms with E-state index >= 15 is 0 Å². The van der Waals surface area contributed by atoms with Crippen LogP contribution in [0.5, 0.6) is 0 Å². The predicted molar refractivity (Wildman–Crippen MR) is 63.2 cm³/mol. The van der Waals surface area contributed by atoms with Crippen LogP contribution in [-0.2, 0) is 4.79 Å². The molecule has 2 N–H and O–H groups in total. The van der Waals surface area contributed by atoms with Crippen LogP contribution in [0.1, 0.15) is 12.8 Å². The molecule has 0 bridgehead atoms. The van der Waals surface area contributed by atoms with Gasteiger partial charge in [0.15, 0.2) is 5.82 Å². The van der Waals surface area contributed by atoms with E-state index in [1.54, 1.807) is 12.4 Å². The van der Waals surface area contributed by atoms with Crippen molar-refractivity contribution in [3.05, 3.63) is 30.6 Å². The van der Waals surface area contributed by atoms with E-state index in [2.05, 4.69) is 20.5 Å². The number of nitrogens with one attached hydrogen (secondary N) is 2. The first-order valence-electron chi connectivity index (χ1n) is 5.59. The highest BCUT2D eigenvalue weighted by Crippen LogP contribution is 2.30. The van der Waals surface area contributed by atoms with E-state index < -0.39 is 0 Å². The Kier molecular flexibility index (Phi) is 2.36. The van der Waals surface area contributed by atoms with Crippen molar-refractivity contribution in [2.75, 3.05) is 5.32 Å². The Labute approximate surface area is 98.3 Å². The number of carbonyl (C=O) groups excluding carboxylic acids is 1. The minimum Gasteiger partial charge on any atom is -0.309 e. The van der Waals surface area contributed by atoms with Gasteiger partial charge in [-0.25, -0.2) is 0 Å². The van der Waals surface area contributed by atoms with Gasteiger partial charge in [-0.05, 0) is 25.0 Å². The Morgan fingerprint density at radius 1 is 1.35 bits per heavy atom. The van der Waals surface area contributed by atoms with Gasteiger partial charge in [0.1, 0.15) is 0 Å². The maximum absolute atomic E-state index is 11.5. The fourth-order valence-corrected chi connectivity index (χ4v) is 1.64. The van der Waals surface area contributed by atoms with Gasteiger partial charge in [-0.1, -0.05) is 0 Å². The summed E-state index contributed by atoms with van der Waals surface area (Å²) in [5.74, 6) is 0.836. The molecule has 2 aromatic heterocycles. The number of aromatic nitrogens is 3. The number of carbonyl (C=O) groups is 1. The van der Waals surface area contributed by atoms with E-state index in [0.717, 1.165) is 24.1 Å². The third-order valence-corrected chi connectivity index (χ3v) is 2.77. The molecule has 1 amide bonds. The fraction of sp³-hybridized carbons (Fsp3) is 0.250. The van der Waals surface area contributed by atoms with Crippen molar-refractivity contribution in [1.82, 2.24) is 15.2 Å². The van der Waals surface area contributed by atoms with Crippen molar-refractivity contribution in [2.45, 2.75) is 12.8 Å². The van der Waals surface area contributed by atoms with E-state index in [0.29, 0.717) is 5.82 Å². The third kappa shape index (κ3) is 2.18. The zero-order chi connectivity index (χ0) is 11.7. The zero-order valence-electron chi connectivity index (χ0n) is 9.18. The average Bonchev–Trinajstić information content (AvgIpc) is 3.12. The molecule has 1 aliphatic rings. The SMILES string of the molecule is O=C(Nc1cc(-c2ccncc2)[nH]n1)C1CC1. The molecule has 5 heteroatoms. The third-order valence-electron chi connectivity index (χ3n) is 2.77. The summed E-state index contributed by atoms with van der Waals surface area (Å²) in [6.45, 7) is 0. The first-order valence-corrected chi connectivity index (χ1v) is 5.59. The normalized spacial score (nSPS) is 14.6. The lowest BCUT2D eigenvalue weighted by atomic mass is 10.2. The van der Waals surface area contributed by atoms with Gasteiger partial charge in [0, 0.05) is 29.9 Å². The summed E-state index contributed by atoms with van der Waals surface area (Å²) in [6, 6.07) is 5.61. The lowest BCUT2D eigenvalue weighted by Gasteiger charge is -1.97. The molecule has 2 heterocycles. The first-order chi connectivity index (χ1) is 8.33. The molecular weight excluding hydrogens is 216 g/mol. The smallest absolute Gasteiger partial charge is 0.228 e. The molecule has 0 radical (unpaired) electrons. The van der Waals surface area contributed by atoms with E-state index in [4.69, 9.17) is 0 Å². The Bertz CT molecular complexity index is 530. The molecule has 0 saturated heterocycles. The standard InChI is InChI=1S/C12H12N4O/c17-12(9-1-2-9)14-11-7-10(15-16-11)8-3-5-13-6-4-8/h3-7,9H,1-2H2,(H2,14,15,16,17). The van der Waals surface area contributed by atoms with Crippen molar-refractivity contribution in [3.63, 3.8) is 0 Å². The summed E-state index contributed by atoms with van der Waals surface area (Å²) < 4.78 is 0. The van der Waals surface area contributed by atoms with Crippen LogP contribution < -0.4 is 5.32 Å². The van der Waals surface area contributed by atoms with Gasteiger partial charge in [0.05, 0.1) is 5.69 Å². The van der Waals surface area contributed by atoms with Crippen LogP contribution >= 0.6 is 0 Å². The minimum atomic E-state index is 0.0674. The summed E-state index contributed by atoms with van der Waals surface area (Å²) in [5.41, 5.74) is 1.87. The van der Waals surface area contributed by atoms with Crippen molar-refractivity contribution in [3.8, 4) is 11.3 Å². The van der Waals surface area contributed by atoms with Crippen LogP contribution in [0.2, 0.25) is 0 Å². The van der Waals surface area contributed by atoms with Crippen LogP contribution in [0, 0.1) is 5.92 Å². The number of amides is 1. The number of rotatable bonds is 3. The van der Waals surface area contributed by atoms with E-state index in [1.165, 1.54) is 0 Å². The van der Waals surface area contributed by atoms with E-state index in [1.807, 2.05) is 18.2 Å². The fourth-order valence-electron chi connectivity index (χ4n) is 1.64. The second-order valence-corrected chi connectivity index (χ2v) is 4.17. The van der Waals surface area contributed by atoms with Crippen molar-refractivity contribution in [1.29, 1.82) is 0 Å². The minimum absolute atomic E-state index is 0.0674. The summed E-state index contributed by atoms with van der Waals surface area (Å²) in [5, 5.41) is 9.76. The Hall–Kier alpha value is -2.17. The number of hydrogen-bond acceptors (Lipinski definition) is 3. The zero-order valence-corrected chi connectivity index (χ0v) is 9.18. The summed E-state index contributed by atoms with van der Waals surface area (Å²) in [6.07, 6.45) is 5.43. The van der Waals surface area contributed by atoms with Gasteiger partial charge in [0.25, 0.3) is 0 Å². The molecular formula is C12H12N4O. The largest absolute Gasteiger partial charge is 0.309 e. The molecule has 0 unspecified atom stereocenters. The molecule has 0 spiro atoms. The number of hydrogen-bond donors (Lipinski definition) is 2. The molecule has 0 aliphatic heterocycles. The lowest BCUT2D eigenvalue weighted by Crippen LogP contribution is -2.13. The maximum atomic E-state index is 11.5. The van der Waals surface area contributed by atoms with Crippen LogP contribution in [0.3, 0.4) is 0 Å². The van der Waals surface area contributed by atoms with Crippen LogP contribution in [-0.4, -0.2) is 21.1 Å². The molecule has 1 fully saturated rings. The van der Waals surface area contributed by atoms with Gasteiger partial charge in [-0.3, -0.25) is 14.9 Å². The molecule has 86 valence electrons. The van der Waals surface area contributed by atoms with Gasteiger partial charge in [-0.2, -0.15) is 5.10 Å². The predicted octanol–water partition coefficient (Wildman–Crippen LogP) is 1.82. The van der Waals surface area contributed by atoms with Gasteiger partial charge in [-0.15, -0.1) is 0 Å². The Morgan fingerprint density at radius 2 is 2.12 bits per heavy atom. The molecule has 17 heavy (non-hydrogen) atoms. The second kappa shape index (κ2) is 4.01. The molecule has 3 rings (SSSR count). The molecule has 0 atom stereocenters. The van der Waals surface area contributed by atoms with Crippen molar-refractivity contribution in [2.24, 2.45) is 5.92 Å². The number of aromatic amines is 1. The van der Waals surface area contributed by atoms with E-state index in [9.17, 15) is 4.79 Å². The number of anilines is 1. The lowest BCUT2D eigenvalue weighted by molar-refractivity contribution is -0.117.